The van der Waals surface area contributed by atoms with Crippen molar-refractivity contribution < 1.29 is 9.84 Å². The average molecular weight is 215 g/mol. The molecule has 0 bridgehead atoms. The fourth-order valence-electron chi connectivity index (χ4n) is 1.06. The van der Waals surface area contributed by atoms with Crippen LogP contribution in [0.1, 0.15) is 12.5 Å². The summed E-state index contributed by atoms with van der Waals surface area (Å²) >= 11 is 5.44. The molecule has 2 nitrogen and oxygen atoms in total. The molecule has 0 aliphatic heterocycles. The Hall–Kier alpha value is -0.730. The smallest absolute Gasteiger partial charge is 0.119 e. The number of ether oxygens (including phenoxy) is 1. The molecule has 1 unspecified atom stereocenters. The number of aryl methyl sites for hydroxylation is 1. The first-order valence-electron chi connectivity index (χ1n) is 4.72. The molecule has 1 aromatic carbocycles. The fourth-order valence-corrected chi connectivity index (χ4v) is 1.15. The molecule has 0 saturated carbocycles. The van der Waals surface area contributed by atoms with Crippen molar-refractivity contribution in [3.8, 4) is 5.75 Å². The number of halogens is 1. The molecular weight excluding hydrogens is 200 g/mol. The minimum Gasteiger partial charge on any atom is -0.491 e. The summed E-state index contributed by atoms with van der Waals surface area (Å²) in [4.78, 5) is 0. The number of alkyl halides is 1. The van der Waals surface area contributed by atoms with Gasteiger partial charge in [0, 0.05) is 0 Å². The zero-order valence-electron chi connectivity index (χ0n) is 8.24. The molecular formula is C11H15ClO2. The van der Waals surface area contributed by atoms with Crippen LogP contribution in [0.4, 0.5) is 0 Å². The Bertz CT molecular complexity index is 258. The maximum atomic E-state index is 9.16. The normalized spacial score (nSPS) is 12.5. The fraction of sp³-hybridized carbons (Fsp3) is 0.455. The molecule has 0 aliphatic carbocycles. The molecule has 3 heteroatoms. The van der Waals surface area contributed by atoms with Gasteiger partial charge in [-0.15, -0.1) is 11.6 Å². The number of hydrogen-bond acceptors (Lipinski definition) is 2. The molecule has 1 N–H and O–H groups in total. The largest absolute Gasteiger partial charge is 0.491 e. The van der Waals surface area contributed by atoms with Crippen LogP contribution >= 0.6 is 11.6 Å². The molecule has 0 amide bonds. The van der Waals surface area contributed by atoms with Crippen molar-refractivity contribution in [2.24, 2.45) is 0 Å². The van der Waals surface area contributed by atoms with Crippen molar-refractivity contribution in [3.05, 3.63) is 29.8 Å². The monoisotopic (exact) mass is 214 g/mol. The van der Waals surface area contributed by atoms with E-state index in [1.807, 2.05) is 24.3 Å². The molecule has 1 aromatic rings. The van der Waals surface area contributed by atoms with E-state index in [4.69, 9.17) is 21.4 Å². The van der Waals surface area contributed by atoms with Gasteiger partial charge in [0.25, 0.3) is 0 Å². The Kier molecular flexibility index (Phi) is 4.77. The van der Waals surface area contributed by atoms with Gasteiger partial charge in [-0.25, -0.2) is 0 Å². The topological polar surface area (TPSA) is 29.5 Å². The van der Waals surface area contributed by atoms with Crippen LogP contribution < -0.4 is 4.74 Å². The van der Waals surface area contributed by atoms with Crippen molar-refractivity contribution >= 4 is 11.6 Å². The summed E-state index contributed by atoms with van der Waals surface area (Å²) in [6.45, 7) is 2.35. The first-order valence-corrected chi connectivity index (χ1v) is 5.25. The first-order chi connectivity index (χ1) is 6.76. The molecule has 1 rings (SSSR count). The third-order valence-corrected chi connectivity index (χ3v) is 2.31. The molecule has 0 saturated heterocycles. The molecule has 0 aromatic heterocycles. The van der Waals surface area contributed by atoms with Gasteiger partial charge in [0.1, 0.15) is 18.5 Å². The molecule has 78 valence electrons. The number of hydrogen-bond donors (Lipinski definition) is 1. The second-order valence-corrected chi connectivity index (χ2v) is 3.43. The lowest BCUT2D eigenvalue weighted by Crippen LogP contribution is -2.18. The van der Waals surface area contributed by atoms with E-state index in [2.05, 4.69) is 6.92 Å². The standard InChI is InChI=1S/C11H15ClO2/c1-2-9-3-5-11(6-4-9)14-8-10(13)7-12/h3-6,10,13H,2,7-8H2,1H3. The molecule has 14 heavy (non-hydrogen) atoms. The van der Waals surface area contributed by atoms with Crippen LogP contribution in [-0.2, 0) is 6.42 Å². The third kappa shape index (κ3) is 3.56. The second-order valence-electron chi connectivity index (χ2n) is 3.12. The summed E-state index contributed by atoms with van der Waals surface area (Å²) in [6, 6.07) is 7.84. The highest BCUT2D eigenvalue weighted by Gasteiger charge is 2.02. The predicted octanol–water partition coefficient (Wildman–Crippen LogP) is 2.23. The Morgan fingerprint density at radius 3 is 2.50 bits per heavy atom. The summed E-state index contributed by atoms with van der Waals surface area (Å²) < 4.78 is 5.32. The highest BCUT2D eigenvalue weighted by molar-refractivity contribution is 6.18. The summed E-state index contributed by atoms with van der Waals surface area (Å²) in [5.41, 5.74) is 1.27. The van der Waals surface area contributed by atoms with Crippen LogP contribution in [0.15, 0.2) is 24.3 Å². The van der Waals surface area contributed by atoms with Gasteiger partial charge < -0.3 is 9.84 Å². The first kappa shape index (κ1) is 11.3. The van der Waals surface area contributed by atoms with E-state index in [-0.39, 0.29) is 12.5 Å². The van der Waals surface area contributed by atoms with Gasteiger partial charge in [-0.1, -0.05) is 19.1 Å². The molecule has 0 heterocycles. The summed E-state index contributed by atoms with van der Waals surface area (Å²) in [5.74, 6) is 0.971. The minimum absolute atomic E-state index is 0.201. The maximum Gasteiger partial charge on any atom is 0.119 e. The lowest BCUT2D eigenvalue weighted by Gasteiger charge is -2.09. The van der Waals surface area contributed by atoms with E-state index in [1.165, 1.54) is 5.56 Å². The Morgan fingerprint density at radius 1 is 1.36 bits per heavy atom. The zero-order chi connectivity index (χ0) is 10.4. The van der Waals surface area contributed by atoms with Gasteiger partial charge in [-0.05, 0) is 24.1 Å². The summed E-state index contributed by atoms with van der Waals surface area (Å²) in [7, 11) is 0. The highest BCUT2D eigenvalue weighted by Crippen LogP contribution is 2.12. The summed E-state index contributed by atoms with van der Waals surface area (Å²) in [6.07, 6.45) is 0.424. The number of aliphatic hydroxyl groups excluding tert-OH is 1. The third-order valence-electron chi connectivity index (χ3n) is 1.95. The van der Waals surface area contributed by atoms with E-state index < -0.39 is 6.10 Å². The number of benzene rings is 1. The van der Waals surface area contributed by atoms with E-state index in [0.717, 1.165) is 12.2 Å². The van der Waals surface area contributed by atoms with Crippen LogP contribution in [0.2, 0.25) is 0 Å². The quantitative estimate of drug-likeness (QED) is 0.762. The Labute approximate surface area is 89.5 Å². The van der Waals surface area contributed by atoms with Gasteiger partial charge in [0.15, 0.2) is 0 Å². The van der Waals surface area contributed by atoms with Gasteiger partial charge in [0.05, 0.1) is 5.88 Å². The van der Waals surface area contributed by atoms with Crippen LogP contribution in [0, 0.1) is 0 Å². The van der Waals surface area contributed by atoms with Crippen LogP contribution in [0.5, 0.6) is 5.75 Å². The van der Waals surface area contributed by atoms with Gasteiger partial charge in [-0.2, -0.15) is 0 Å². The van der Waals surface area contributed by atoms with Gasteiger partial charge in [-0.3, -0.25) is 0 Å². The van der Waals surface area contributed by atoms with E-state index in [9.17, 15) is 0 Å². The lowest BCUT2D eigenvalue weighted by atomic mass is 10.2. The van der Waals surface area contributed by atoms with E-state index in [0.29, 0.717) is 0 Å². The van der Waals surface area contributed by atoms with Crippen molar-refractivity contribution in [2.45, 2.75) is 19.4 Å². The lowest BCUT2D eigenvalue weighted by molar-refractivity contribution is 0.125. The Balaban J connectivity index is 2.43. The minimum atomic E-state index is -0.595. The number of aliphatic hydroxyl groups is 1. The summed E-state index contributed by atoms with van der Waals surface area (Å²) in [5, 5.41) is 9.16. The SMILES string of the molecule is CCc1ccc(OCC(O)CCl)cc1. The average Bonchev–Trinajstić information content (AvgIpc) is 2.26. The van der Waals surface area contributed by atoms with E-state index in [1.54, 1.807) is 0 Å². The maximum absolute atomic E-state index is 9.16. The molecule has 1 atom stereocenters. The van der Waals surface area contributed by atoms with Crippen LogP contribution in [0.3, 0.4) is 0 Å². The molecule has 0 spiro atoms. The molecule has 0 radical (unpaired) electrons. The van der Waals surface area contributed by atoms with Crippen LogP contribution in [-0.4, -0.2) is 23.7 Å². The van der Waals surface area contributed by atoms with Gasteiger partial charge in [0.2, 0.25) is 0 Å². The molecule has 0 aliphatic rings. The van der Waals surface area contributed by atoms with Crippen molar-refractivity contribution in [1.82, 2.24) is 0 Å². The van der Waals surface area contributed by atoms with Crippen molar-refractivity contribution in [1.29, 1.82) is 0 Å². The zero-order valence-corrected chi connectivity index (χ0v) is 9.00. The van der Waals surface area contributed by atoms with Crippen molar-refractivity contribution in [2.75, 3.05) is 12.5 Å². The van der Waals surface area contributed by atoms with Crippen molar-refractivity contribution in [3.63, 3.8) is 0 Å². The molecule has 0 fully saturated rings. The van der Waals surface area contributed by atoms with Crippen LogP contribution in [0.25, 0.3) is 0 Å². The van der Waals surface area contributed by atoms with Gasteiger partial charge >= 0.3 is 0 Å². The Morgan fingerprint density at radius 2 is 2.00 bits per heavy atom. The second kappa shape index (κ2) is 5.89. The van der Waals surface area contributed by atoms with E-state index >= 15 is 0 Å². The highest BCUT2D eigenvalue weighted by atomic mass is 35.5. The number of rotatable bonds is 5. The predicted molar refractivity (Wildman–Crippen MR) is 58.0 cm³/mol.